The fraction of sp³-hybridized carbons (Fsp3) is 0.438. The van der Waals surface area contributed by atoms with E-state index in [1.54, 1.807) is 7.11 Å². The minimum absolute atomic E-state index is 0.288. The van der Waals surface area contributed by atoms with Gasteiger partial charge in [0.05, 0.1) is 18.8 Å². The molecule has 1 aromatic carbocycles. The van der Waals surface area contributed by atoms with Crippen LogP contribution in [0.4, 0.5) is 0 Å². The van der Waals surface area contributed by atoms with E-state index in [0.29, 0.717) is 0 Å². The van der Waals surface area contributed by atoms with E-state index >= 15 is 0 Å². The molecule has 1 N–H and O–H groups in total. The smallest absolute Gasteiger partial charge is 0.118 e. The minimum Gasteiger partial charge on any atom is -0.497 e. The number of ether oxygens (including phenoxy) is 1. The molecule has 1 unspecified atom stereocenters. The number of aromatic nitrogens is 2. The number of aryl methyl sites for hydroxylation is 1. The summed E-state index contributed by atoms with van der Waals surface area (Å²) in [5.41, 5.74) is 2.51. The quantitative estimate of drug-likeness (QED) is 0.843. The number of nitrogens with one attached hydrogen (secondary N) is 1. The predicted molar refractivity (Wildman–Crippen MR) is 80.9 cm³/mol. The third kappa shape index (κ3) is 3.61. The van der Waals surface area contributed by atoms with Gasteiger partial charge in [-0.25, -0.2) is 0 Å². The van der Waals surface area contributed by atoms with Crippen LogP contribution in [0.2, 0.25) is 0 Å². The van der Waals surface area contributed by atoms with Crippen LogP contribution < -0.4 is 10.1 Å². The third-order valence-corrected chi connectivity index (χ3v) is 3.46. The Morgan fingerprint density at radius 2 is 2.00 bits per heavy atom. The summed E-state index contributed by atoms with van der Waals surface area (Å²) in [5.74, 6) is 0.896. The Labute approximate surface area is 120 Å². The molecule has 2 rings (SSSR count). The van der Waals surface area contributed by atoms with Crippen molar-refractivity contribution in [1.29, 1.82) is 0 Å². The molecule has 1 aromatic heterocycles. The van der Waals surface area contributed by atoms with E-state index in [1.165, 1.54) is 11.3 Å². The van der Waals surface area contributed by atoms with Crippen molar-refractivity contribution in [2.24, 2.45) is 7.05 Å². The highest BCUT2D eigenvalue weighted by Gasteiger charge is 2.14. The highest BCUT2D eigenvalue weighted by atomic mass is 16.5. The highest BCUT2D eigenvalue weighted by molar-refractivity contribution is 5.28. The van der Waals surface area contributed by atoms with Crippen molar-refractivity contribution in [3.8, 4) is 5.75 Å². The summed E-state index contributed by atoms with van der Waals surface area (Å²) in [7, 11) is 3.68. The summed E-state index contributed by atoms with van der Waals surface area (Å²) in [4.78, 5) is 0. The number of rotatable bonds is 7. The third-order valence-electron chi connectivity index (χ3n) is 3.46. The zero-order chi connectivity index (χ0) is 14.4. The Hall–Kier alpha value is -1.81. The first-order valence-corrected chi connectivity index (χ1v) is 7.08. The van der Waals surface area contributed by atoms with Gasteiger partial charge in [-0.3, -0.25) is 4.68 Å². The fourth-order valence-electron chi connectivity index (χ4n) is 2.32. The molecular formula is C16H23N3O. The van der Waals surface area contributed by atoms with Crippen LogP contribution in [0.15, 0.2) is 36.5 Å². The van der Waals surface area contributed by atoms with Crippen LogP contribution in [-0.2, 0) is 13.5 Å². The zero-order valence-electron chi connectivity index (χ0n) is 12.5. The largest absolute Gasteiger partial charge is 0.497 e. The van der Waals surface area contributed by atoms with Crippen molar-refractivity contribution in [3.05, 3.63) is 47.8 Å². The van der Waals surface area contributed by atoms with Crippen molar-refractivity contribution in [2.45, 2.75) is 25.8 Å². The Kier molecular flexibility index (Phi) is 5.18. The second-order valence-electron chi connectivity index (χ2n) is 4.94. The summed E-state index contributed by atoms with van der Waals surface area (Å²) in [6, 6.07) is 10.6. The molecule has 1 atom stereocenters. The molecule has 108 valence electrons. The molecule has 2 aromatic rings. The first kappa shape index (κ1) is 14.6. The molecule has 0 amide bonds. The van der Waals surface area contributed by atoms with E-state index in [0.717, 1.165) is 25.1 Å². The van der Waals surface area contributed by atoms with E-state index in [1.807, 2.05) is 30.1 Å². The first-order chi connectivity index (χ1) is 9.74. The lowest BCUT2D eigenvalue weighted by Gasteiger charge is -2.19. The fourth-order valence-corrected chi connectivity index (χ4v) is 2.32. The Morgan fingerprint density at radius 1 is 1.25 bits per heavy atom. The lowest BCUT2D eigenvalue weighted by Crippen LogP contribution is -2.26. The van der Waals surface area contributed by atoms with Gasteiger partial charge in [0.15, 0.2) is 0 Å². The topological polar surface area (TPSA) is 39.1 Å². The second-order valence-corrected chi connectivity index (χ2v) is 4.94. The van der Waals surface area contributed by atoms with E-state index in [9.17, 15) is 0 Å². The standard InChI is InChI=1S/C16H23N3O/c1-4-10-17-15(16-9-11-18-19(16)2)12-13-5-7-14(20-3)8-6-13/h5-9,11,15,17H,4,10,12H2,1-3H3. The van der Waals surface area contributed by atoms with Crippen molar-refractivity contribution in [3.63, 3.8) is 0 Å². The molecule has 0 bridgehead atoms. The molecule has 0 radical (unpaired) electrons. The molecular weight excluding hydrogens is 250 g/mol. The molecule has 0 saturated heterocycles. The van der Waals surface area contributed by atoms with Gasteiger partial charge >= 0.3 is 0 Å². The van der Waals surface area contributed by atoms with Gasteiger partial charge in [-0.05, 0) is 43.1 Å². The number of benzene rings is 1. The maximum atomic E-state index is 5.20. The van der Waals surface area contributed by atoms with Crippen LogP contribution in [0.25, 0.3) is 0 Å². The maximum absolute atomic E-state index is 5.20. The second kappa shape index (κ2) is 7.10. The summed E-state index contributed by atoms with van der Waals surface area (Å²) in [6.45, 7) is 3.19. The van der Waals surface area contributed by atoms with Gasteiger partial charge in [0.2, 0.25) is 0 Å². The summed E-state index contributed by atoms with van der Waals surface area (Å²) in [5, 5.41) is 7.87. The number of methoxy groups -OCH3 is 1. The van der Waals surface area contributed by atoms with Crippen LogP contribution in [0.3, 0.4) is 0 Å². The summed E-state index contributed by atoms with van der Waals surface area (Å²) < 4.78 is 7.14. The van der Waals surface area contributed by atoms with Crippen molar-refractivity contribution >= 4 is 0 Å². The van der Waals surface area contributed by atoms with Gasteiger partial charge < -0.3 is 10.1 Å². The van der Waals surface area contributed by atoms with Gasteiger partial charge in [0.25, 0.3) is 0 Å². The molecule has 4 heteroatoms. The monoisotopic (exact) mass is 273 g/mol. The average molecular weight is 273 g/mol. The first-order valence-electron chi connectivity index (χ1n) is 7.08. The van der Waals surface area contributed by atoms with Crippen LogP contribution in [0.5, 0.6) is 5.75 Å². The zero-order valence-corrected chi connectivity index (χ0v) is 12.5. The molecule has 0 spiro atoms. The number of hydrogen-bond donors (Lipinski definition) is 1. The SMILES string of the molecule is CCCNC(Cc1ccc(OC)cc1)c1ccnn1C. The molecule has 0 saturated carbocycles. The van der Waals surface area contributed by atoms with E-state index in [-0.39, 0.29) is 6.04 Å². The normalized spacial score (nSPS) is 12.3. The van der Waals surface area contributed by atoms with E-state index in [2.05, 4.69) is 35.5 Å². The molecule has 20 heavy (non-hydrogen) atoms. The molecule has 0 aliphatic carbocycles. The van der Waals surface area contributed by atoms with Gasteiger partial charge in [-0.2, -0.15) is 5.10 Å². The molecule has 0 aliphatic heterocycles. The molecule has 4 nitrogen and oxygen atoms in total. The predicted octanol–water partition coefficient (Wildman–Crippen LogP) is 2.71. The Balaban J connectivity index is 2.12. The van der Waals surface area contributed by atoms with Crippen molar-refractivity contribution in [1.82, 2.24) is 15.1 Å². The van der Waals surface area contributed by atoms with Gasteiger partial charge in [-0.1, -0.05) is 19.1 Å². The van der Waals surface area contributed by atoms with Gasteiger partial charge in [0.1, 0.15) is 5.75 Å². The lowest BCUT2D eigenvalue weighted by atomic mass is 10.0. The van der Waals surface area contributed by atoms with E-state index < -0.39 is 0 Å². The number of hydrogen-bond acceptors (Lipinski definition) is 3. The van der Waals surface area contributed by atoms with Gasteiger partial charge in [-0.15, -0.1) is 0 Å². The average Bonchev–Trinajstić information content (AvgIpc) is 2.90. The number of nitrogens with zero attached hydrogens (tertiary/aromatic N) is 2. The van der Waals surface area contributed by atoms with E-state index in [4.69, 9.17) is 4.74 Å². The Morgan fingerprint density at radius 3 is 2.55 bits per heavy atom. The van der Waals surface area contributed by atoms with Crippen LogP contribution >= 0.6 is 0 Å². The van der Waals surface area contributed by atoms with Crippen molar-refractivity contribution in [2.75, 3.05) is 13.7 Å². The molecule has 1 heterocycles. The Bertz CT molecular complexity index is 519. The van der Waals surface area contributed by atoms with Gasteiger partial charge in [0, 0.05) is 13.2 Å². The highest BCUT2D eigenvalue weighted by Crippen LogP contribution is 2.20. The van der Waals surface area contributed by atoms with Crippen LogP contribution in [0, 0.1) is 0 Å². The summed E-state index contributed by atoms with van der Waals surface area (Å²) >= 11 is 0. The molecule has 0 fully saturated rings. The van der Waals surface area contributed by atoms with Crippen LogP contribution in [0.1, 0.15) is 30.6 Å². The van der Waals surface area contributed by atoms with Crippen molar-refractivity contribution < 1.29 is 4.74 Å². The summed E-state index contributed by atoms with van der Waals surface area (Å²) in [6.07, 6.45) is 3.92. The maximum Gasteiger partial charge on any atom is 0.118 e. The van der Waals surface area contributed by atoms with Crippen LogP contribution in [-0.4, -0.2) is 23.4 Å². The minimum atomic E-state index is 0.288. The lowest BCUT2D eigenvalue weighted by molar-refractivity contribution is 0.414. The molecule has 0 aliphatic rings.